The minimum Gasteiger partial charge on any atom is -0.484 e. The van der Waals surface area contributed by atoms with Gasteiger partial charge in [-0.15, -0.1) is 0 Å². The molecule has 18 heavy (non-hydrogen) atoms. The van der Waals surface area contributed by atoms with Crippen LogP contribution in [0.5, 0.6) is 5.75 Å². The lowest BCUT2D eigenvalue weighted by Crippen LogP contribution is -2.29. The maximum absolute atomic E-state index is 11.3. The van der Waals surface area contributed by atoms with Crippen molar-refractivity contribution in [2.75, 3.05) is 13.2 Å². The molecule has 0 aliphatic rings. The van der Waals surface area contributed by atoms with Crippen LogP contribution in [0.3, 0.4) is 0 Å². The van der Waals surface area contributed by atoms with Gasteiger partial charge in [-0.05, 0) is 31.0 Å². The monoisotopic (exact) mass is 247 g/mol. The zero-order chi connectivity index (χ0) is 13.5. The summed E-state index contributed by atoms with van der Waals surface area (Å²) in [5.41, 5.74) is 7.72. The summed E-state index contributed by atoms with van der Waals surface area (Å²) in [6.45, 7) is 3.70. The van der Waals surface area contributed by atoms with Gasteiger partial charge in [-0.25, -0.2) is 0 Å². The van der Waals surface area contributed by atoms with Gasteiger partial charge in [0.05, 0.1) is 6.07 Å². The third-order valence-electron chi connectivity index (χ3n) is 2.45. The van der Waals surface area contributed by atoms with Crippen LogP contribution in [-0.2, 0) is 4.79 Å². The van der Waals surface area contributed by atoms with E-state index in [0.29, 0.717) is 5.75 Å². The van der Waals surface area contributed by atoms with Crippen molar-refractivity contribution in [1.82, 2.24) is 5.32 Å². The minimum absolute atomic E-state index is 0.00913. The van der Waals surface area contributed by atoms with Crippen molar-refractivity contribution in [2.24, 2.45) is 5.73 Å². The van der Waals surface area contributed by atoms with Crippen molar-refractivity contribution >= 4 is 5.91 Å². The summed E-state index contributed by atoms with van der Waals surface area (Å²) in [6.07, 6.45) is 0. The molecule has 0 aliphatic heterocycles. The number of hydrogen-bond acceptors (Lipinski definition) is 4. The highest BCUT2D eigenvalue weighted by molar-refractivity contribution is 5.77. The van der Waals surface area contributed by atoms with Crippen LogP contribution < -0.4 is 15.8 Å². The molecule has 0 heterocycles. The van der Waals surface area contributed by atoms with Gasteiger partial charge in [0.15, 0.2) is 6.61 Å². The van der Waals surface area contributed by atoms with Crippen molar-refractivity contribution in [3.63, 3.8) is 0 Å². The first-order valence-corrected chi connectivity index (χ1v) is 5.67. The number of carbonyl (C=O) groups is 1. The van der Waals surface area contributed by atoms with E-state index in [1.807, 2.05) is 32.0 Å². The Morgan fingerprint density at radius 2 is 2.33 bits per heavy atom. The summed E-state index contributed by atoms with van der Waals surface area (Å²) in [4.78, 5) is 11.3. The fourth-order valence-corrected chi connectivity index (χ4v) is 1.45. The number of rotatable bonds is 5. The summed E-state index contributed by atoms with van der Waals surface area (Å²) in [5.74, 6) is 0.332. The second kappa shape index (κ2) is 6.62. The van der Waals surface area contributed by atoms with E-state index in [2.05, 4.69) is 5.32 Å². The summed E-state index contributed by atoms with van der Waals surface area (Å²) >= 11 is 0. The van der Waals surface area contributed by atoms with Gasteiger partial charge in [-0.2, -0.15) is 5.26 Å². The van der Waals surface area contributed by atoms with Crippen molar-refractivity contribution in [3.05, 3.63) is 29.3 Å². The number of nitrogens with one attached hydrogen (secondary N) is 1. The maximum atomic E-state index is 11.3. The number of aryl methyl sites for hydroxylation is 1. The van der Waals surface area contributed by atoms with Gasteiger partial charge in [0.2, 0.25) is 0 Å². The van der Waals surface area contributed by atoms with Crippen LogP contribution in [0.4, 0.5) is 0 Å². The SMILES string of the molecule is Cc1cc(C(C)N)ccc1OCC(=O)NCC#N. The summed E-state index contributed by atoms with van der Waals surface area (Å²) in [6, 6.07) is 7.41. The highest BCUT2D eigenvalue weighted by Gasteiger charge is 2.06. The third kappa shape index (κ3) is 4.07. The number of hydrogen-bond donors (Lipinski definition) is 2. The summed E-state index contributed by atoms with van der Waals surface area (Å²) < 4.78 is 5.37. The molecule has 1 aromatic carbocycles. The quantitative estimate of drug-likeness (QED) is 0.761. The average Bonchev–Trinajstić information content (AvgIpc) is 2.34. The van der Waals surface area contributed by atoms with Crippen LogP contribution in [0.15, 0.2) is 18.2 Å². The molecule has 0 saturated heterocycles. The average molecular weight is 247 g/mol. The number of amides is 1. The second-order valence-electron chi connectivity index (χ2n) is 4.04. The molecule has 5 heteroatoms. The fourth-order valence-electron chi connectivity index (χ4n) is 1.45. The van der Waals surface area contributed by atoms with Crippen LogP contribution in [0, 0.1) is 18.3 Å². The Balaban J connectivity index is 2.58. The predicted molar refractivity (Wildman–Crippen MR) is 67.9 cm³/mol. The lowest BCUT2D eigenvalue weighted by atomic mass is 10.1. The number of nitriles is 1. The van der Waals surface area contributed by atoms with Gasteiger partial charge in [0.25, 0.3) is 5.91 Å². The van der Waals surface area contributed by atoms with E-state index in [1.165, 1.54) is 0 Å². The van der Waals surface area contributed by atoms with Crippen molar-refractivity contribution in [2.45, 2.75) is 19.9 Å². The third-order valence-corrected chi connectivity index (χ3v) is 2.45. The van der Waals surface area contributed by atoms with E-state index in [1.54, 1.807) is 6.07 Å². The van der Waals surface area contributed by atoms with E-state index in [0.717, 1.165) is 11.1 Å². The Hall–Kier alpha value is -2.06. The zero-order valence-corrected chi connectivity index (χ0v) is 10.6. The highest BCUT2D eigenvalue weighted by Crippen LogP contribution is 2.21. The van der Waals surface area contributed by atoms with Gasteiger partial charge in [-0.3, -0.25) is 4.79 Å². The minimum atomic E-state index is -0.313. The van der Waals surface area contributed by atoms with Gasteiger partial charge in [0.1, 0.15) is 12.3 Å². The largest absolute Gasteiger partial charge is 0.484 e. The van der Waals surface area contributed by atoms with Crippen LogP contribution >= 0.6 is 0 Å². The molecular weight excluding hydrogens is 230 g/mol. The standard InChI is InChI=1S/C13H17N3O2/c1-9-7-11(10(2)15)3-4-12(9)18-8-13(17)16-6-5-14/h3-4,7,10H,6,8,15H2,1-2H3,(H,16,17). The Morgan fingerprint density at radius 1 is 1.61 bits per heavy atom. The Morgan fingerprint density at radius 3 is 2.89 bits per heavy atom. The van der Waals surface area contributed by atoms with Gasteiger partial charge in [-0.1, -0.05) is 12.1 Å². The molecule has 1 unspecified atom stereocenters. The molecule has 1 aromatic rings. The van der Waals surface area contributed by atoms with Crippen molar-refractivity contribution in [3.8, 4) is 11.8 Å². The van der Waals surface area contributed by atoms with Crippen molar-refractivity contribution < 1.29 is 9.53 Å². The molecule has 0 fully saturated rings. The van der Waals surface area contributed by atoms with E-state index >= 15 is 0 Å². The van der Waals surface area contributed by atoms with Crippen LogP contribution in [0.25, 0.3) is 0 Å². The molecule has 0 bridgehead atoms. The molecule has 1 rings (SSSR count). The van der Waals surface area contributed by atoms with Crippen LogP contribution in [-0.4, -0.2) is 19.1 Å². The van der Waals surface area contributed by atoms with Gasteiger partial charge < -0.3 is 15.8 Å². The number of nitrogens with two attached hydrogens (primary N) is 1. The first-order valence-electron chi connectivity index (χ1n) is 5.67. The second-order valence-corrected chi connectivity index (χ2v) is 4.04. The lowest BCUT2D eigenvalue weighted by molar-refractivity contribution is -0.122. The number of nitrogens with zero attached hydrogens (tertiary/aromatic N) is 1. The topological polar surface area (TPSA) is 88.1 Å². The summed E-state index contributed by atoms with van der Waals surface area (Å²) in [7, 11) is 0. The molecule has 96 valence electrons. The molecule has 1 atom stereocenters. The molecule has 0 spiro atoms. The van der Waals surface area contributed by atoms with Crippen LogP contribution in [0.2, 0.25) is 0 Å². The maximum Gasteiger partial charge on any atom is 0.258 e. The fraction of sp³-hybridized carbons (Fsp3) is 0.385. The van der Waals surface area contributed by atoms with Gasteiger partial charge in [0, 0.05) is 6.04 Å². The Bertz CT molecular complexity index is 464. The molecule has 5 nitrogen and oxygen atoms in total. The van der Waals surface area contributed by atoms with Crippen molar-refractivity contribution in [1.29, 1.82) is 5.26 Å². The van der Waals surface area contributed by atoms with E-state index in [9.17, 15) is 4.79 Å². The molecule has 1 amide bonds. The van der Waals surface area contributed by atoms with E-state index < -0.39 is 0 Å². The Kier molecular flexibility index (Phi) is 5.15. The van der Waals surface area contributed by atoms with Crippen LogP contribution in [0.1, 0.15) is 24.1 Å². The van der Waals surface area contributed by atoms with E-state index in [4.69, 9.17) is 15.7 Å². The van der Waals surface area contributed by atoms with Gasteiger partial charge >= 0.3 is 0 Å². The molecule has 0 aromatic heterocycles. The summed E-state index contributed by atoms with van der Waals surface area (Å²) in [5, 5.41) is 10.7. The molecule has 0 saturated carbocycles. The molecule has 3 N–H and O–H groups in total. The molecular formula is C13H17N3O2. The first kappa shape index (κ1) is 14.0. The number of carbonyl (C=O) groups excluding carboxylic acids is 1. The normalized spacial score (nSPS) is 11.4. The zero-order valence-electron chi connectivity index (χ0n) is 10.6. The number of ether oxygens (including phenoxy) is 1. The lowest BCUT2D eigenvalue weighted by Gasteiger charge is -2.11. The molecule has 0 radical (unpaired) electrons. The van der Waals surface area contributed by atoms with E-state index in [-0.39, 0.29) is 25.1 Å². The first-order chi connectivity index (χ1) is 8.54. The predicted octanol–water partition coefficient (Wildman–Crippen LogP) is 1.03. The highest BCUT2D eigenvalue weighted by atomic mass is 16.5. The number of benzene rings is 1. The Labute approximate surface area is 107 Å². The molecule has 0 aliphatic carbocycles. The smallest absolute Gasteiger partial charge is 0.258 e.